The molecule has 2 aromatic carbocycles. The van der Waals surface area contributed by atoms with E-state index in [1.807, 2.05) is 32.9 Å². The van der Waals surface area contributed by atoms with E-state index in [4.69, 9.17) is 4.74 Å². The monoisotopic (exact) mass is 358 g/mol. The van der Waals surface area contributed by atoms with E-state index in [0.29, 0.717) is 11.3 Å². The van der Waals surface area contributed by atoms with Crippen molar-refractivity contribution in [1.29, 1.82) is 0 Å². The van der Waals surface area contributed by atoms with Gasteiger partial charge in [0.25, 0.3) is 0 Å². The van der Waals surface area contributed by atoms with E-state index in [1.165, 1.54) is 19.2 Å². The predicted octanol–water partition coefficient (Wildman–Crippen LogP) is 3.19. The molecule has 2 rings (SSSR count). The van der Waals surface area contributed by atoms with E-state index in [1.54, 1.807) is 12.1 Å². The van der Waals surface area contributed by atoms with Gasteiger partial charge in [-0.05, 0) is 49.6 Å². The zero-order valence-electron chi connectivity index (χ0n) is 15.4. The quantitative estimate of drug-likeness (QED) is 0.807. The standard InChI is InChI=1S/C20H23FN2O3/c1-12-8-13(2)18(14(3)9-12)23-20(25)19(24)22-11-17(26-4)15-6-5-7-16(21)10-15/h5-10,17H,11H2,1-4H3,(H,22,24)(H,23,25). The summed E-state index contributed by atoms with van der Waals surface area (Å²) < 4.78 is 18.6. The summed E-state index contributed by atoms with van der Waals surface area (Å²) in [6.45, 7) is 5.77. The van der Waals surface area contributed by atoms with Gasteiger partial charge in [-0.25, -0.2) is 4.39 Å². The molecule has 0 aliphatic heterocycles. The second-order valence-corrected chi connectivity index (χ2v) is 6.22. The maximum Gasteiger partial charge on any atom is 0.313 e. The normalized spacial score (nSPS) is 11.7. The molecule has 2 amide bonds. The van der Waals surface area contributed by atoms with E-state index in [9.17, 15) is 14.0 Å². The predicted molar refractivity (Wildman–Crippen MR) is 98.4 cm³/mol. The van der Waals surface area contributed by atoms with Crippen LogP contribution in [0, 0.1) is 26.6 Å². The number of anilines is 1. The first-order chi connectivity index (χ1) is 12.3. The number of amides is 2. The van der Waals surface area contributed by atoms with Gasteiger partial charge in [0.05, 0.1) is 6.10 Å². The number of hydrogen-bond donors (Lipinski definition) is 2. The lowest BCUT2D eigenvalue weighted by Gasteiger charge is -2.17. The minimum Gasteiger partial charge on any atom is -0.375 e. The lowest BCUT2D eigenvalue weighted by molar-refractivity contribution is -0.136. The van der Waals surface area contributed by atoms with Gasteiger partial charge in [-0.15, -0.1) is 0 Å². The van der Waals surface area contributed by atoms with Crippen molar-refractivity contribution in [2.24, 2.45) is 0 Å². The summed E-state index contributed by atoms with van der Waals surface area (Å²) in [6.07, 6.45) is -0.551. The van der Waals surface area contributed by atoms with Crippen LogP contribution in [0.4, 0.5) is 10.1 Å². The third kappa shape index (κ3) is 4.89. The van der Waals surface area contributed by atoms with E-state index in [0.717, 1.165) is 16.7 Å². The maximum atomic E-state index is 13.3. The second-order valence-electron chi connectivity index (χ2n) is 6.22. The molecule has 1 atom stereocenters. The number of methoxy groups -OCH3 is 1. The highest BCUT2D eigenvalue weighted by Gasteiger charge is 2.19. The van der Waals surface area contributed by atoms with Gasteiger partial charge >= 0.3 is 11.8 Å². The third-order valence-electron chi connectivity index (χ3n) is 4.07. The number of rotatable bonds is 5. The fourth-order valence-corrected chi connectivity index (χ4v) is 2.86. The van der Waals surface area contributed by atoms with Crippen molar-refractivity contribution in [1.82, 2.24) is 5.32 Å². The molecule has 2 aromatic rings. The van der Waals surface area contributed by atoms with Crippen LogP contribution in [0.5, 0.6) is 0 Å². The molecular formula is C20H23FN2O3. The van der Waals surface area contributed by atoms with Crippen molar-refractivity contribution in [3.8, 4) is 0 Å². The van der Waals surface area contributed by atoms with Gasteiger partial charge in [0.1, 0.15) is 5.82 Å². The second kappa shape index (κ2) is 8.58. The highest BCUT2D eigenvalue weighted by molar-refractivity contribution is 6.39. The van der Waals surface area contributed by atoms with Gasteiger partial charge in [-0.1, -0.05) is 29.8 Å². The molecular weight excluding hydrogens is 335 g/mol. The molecule has 0 saturated carbocycles. The molecule has 0 saturated heterocycles. The highest BCUT2D eigenvalue weighted by Crippen LogP contribution is 2.22. The van der Waals surface area contributed by atoms with Gasteiger partial charge < -0.3 is 15.4 Å². The molecule has 1 unspecified atom stereocenters. The number of carbonyl (C=O) groups excluding carboxylic acids is 2. The largest absolute Gasteiger partial charge is 0.375 e. The minimum absolute atomic E-state index is 0.0536. The minimum atomic E-state index is -0.775. The van der Waals surface area contributed by atoms with Gasteiger partial charge in [0.2, 0.25) is 0 Å². The third-order valence-corrected chi connectivity index (χ3v) is 4.07. The molecule has 26 heavy (non-hydrogen) atoms. The van der Waals surface area contributed by atoms with Crippen LogP contribution in [-0.4, -0.2) is 25.5 Å². The van der Waals surface area contributed by atoms with E-state index < -0.39 is 17.9 Å². The van der Waals surface area contributed by atoms with Crippen molar-refractivity contribution >= 4 is 17.5 Å². The summed E-state index contributed by atoms with van der Waals surface area (Å²) in [7, 11) is 1.46. The number of hydrogen-bond acceptors (Lipinski definition) is 3. The number of ether oxygens (including phenoxy) is 1. The van der Waals surface area contributed by atoms with E-state index in [2.05, 4.69) is 10.6 Å². The highest BCUT2D eigenvalue weighted by atomic mass is 19.1. The van der Waals surface area contributed by atoms with Gasteiger partial charge in [0.15, 0.2) is 0 Å². The van der Waals surface area contributed by atoms with Crippen LogP contribution in [0.15, 0.2) is 36.4 Å². The van der Waals surface area contributed by atoms with Crippen molar-refractivity contribution in [2.75, 3.05) is 19.0 Å². The number of carbonyl (C=O) groups is 2. The molecule has 6 heteroatoms. The Hall–Kier alpha value is -2.73. The lowest BCUT2D eigenvalue weighted by atomic mass is 10.1. The van der Waals surface area contributed by atoms with E-state index >= 15 is 0 Å². The fourth-order valence-electron chi connectivity index (χ4n) is 2.86. The van der Waals surface area contributed by atoms with Gasteiger partial charge in [-0.2, -0.15) is 0 Å². The van der Waals surface area contributed by atoms with Crippen LogP contribution in [0.3, 0.4) is 0 Å². The van der Waals surface area contributed by atoms with Crippen molar-refractivity contribution in [3.63, 3.8) is 0 Å². The first-order valence-electron chi connectivity index (χ1n) is 8.27. The molecule has 0 aliphatic carbocycles. The van der Waals surface area contributed by atoms with Crippen LogP contribution in [-0.2, 0) is 14.3 Å². The Balaban J connectivity index is 2.00. The summed E-state index contributed by atoms with van der Waals surface area (Å²) in [5.41, 5.74) is 4.07. The van der Waals surface area contributed by atoms with Crippen LogP contribution < -0.4 is 10.6 Å². The Labute approximate surface area is 152 Å². The Morgan fingerprint density at radius 3 is 2.31 bits per heavy atom. The number of aryl methyl sites for hydroxylation is 3. The summed E-state index contributed by atoms with van der Waals surface area (Å²) >= 11 is 0. The first kappa shape index (κ1) is 19.6. The lowest BCUT2D eigenvalue weighted by Crippen LogP contribution is -2.38. The average Bonchev–Trinajstić information content (AvgIpc) is 2.58. The molecule has 0 radical (unpaired) electrons. The molecule has 0 aromatic heterocycles. The Bertz CT molecular complexity index is 797. The molecule has 0 heterocycles. The fraction of sp³-hybridized carbons (Fsp3) is 0.300. The van der Waals surface area contributed by atoms with Crippen LogP contribution >= 0.6 is 0 Å². The number of benzene rings is 2. The van der Waals surface area contributed by atoms with Crippen molar-refractivity contribution in [2.45, 2.75) is 26.9 Å². The first-order valence-corrected chi connectivity index (χ1v) is 8.27. The van der Waals surface area contributed by atoms with Crippen molar-refractivity contribution in [3.05, 3.63) is 64.5 Å². The van der Waals surface area contributed by atoms with Crippen LogP contribution in [0.25, 0.3) is 0 Å². The van der Waals surface area contributed by atoms with Gasteiger partial charge in [0, 0.05) is 19.3 Å². The molecule has 0 spiro atoms. The SMILES string of the molecule is COC(CNC(=O)C(=O)Nc1c(C)cc(C)cc1C)c1cccc(F)c1. The van der Waals surface area contributed by atoms with E-state index in [-0.39, 0.29) is 12.4 Å². The molecule has 0 aliphatic rings. The molecule has 138 valence electrons. The van der Waals surface area contributed by atoms with Crippen LogP contribution in [0.1, 0.15) is 28.4 Å². The summed E-state index contributed by atoms with van der Waals surface area (Å²) in [5, 5.41) is 5.17. The summed E-state index contributed by atoms with van der Waals surface area (Å²) in [5.74, 6) is -1.92. The zero-order chi connectivity index (χ0) is 19.3. The zero-order valence-corrected chi connectivity index (χ0v) is 15.4. The Kier molecular flexibility index (Phi) is 6.46. The maximum absolute atomic E-state index is 13.3. The molecule has 0 bridgehead atoms. The smallest absolute Gasteiger partial charge is 0.313 e. The summed E-state index contributed by atoms with van der Waals surface area (Å²) in [4.78, 5) is 24.3. The average molecular weight is 358 g/mol. The Morgan fingerprint density at radius 2 is 1.73 bits per heavy atom. The molecule has 5 nitrogen and oxygen atoms in total. The molecule has 2 N–H and O–H groups in total. The van der Waals surface area contributed by atoms with Crippen LogP contribution in [0.2, 0.25) is 0 Å². The molecule has 0 fully saturated rings. The topological polar surface area (TPSA) is 67.4 Å². The number of halogens is 1. The number of nitrogens with one attached hydrogen (secondary N) is 2. The van der Waals surface area contributed by atoms with Crippen molar-refractivity contribution < 1.29 is 18.7 Å². The summed E-state index contributed by atoms with van der Waals surface area (Å²) in [6, 6.07) is 9.79. The Morgan fingerprint density at radius 1 is 1.08 bits per heavy atom. The van der Waals surface area contributed by atoms with Gasteiger partial charge in [-0.3, -0.25) is 9.59 Å².